The van der Waals surface area contributed by atoms with Gasteiger partial charge < -0.3 is 9.64 Å². The van der Waals surface area contributed by atoms with E-state index >= 15 is 0 Å². The van der Waals surface area contributed by atoms with Crippen molar-refractivity contribution in [3.63, 3.8) is 0 Å². The molecule has 1 heterocycles. The highest BCUT2D eigenvalue weighted by atomic mass is 16.5. The zero-order valence-electron chi connectivity index (χ0n) is 7.66. The van der Waals surface area contributed by atoms with Gasteiger partial charge in [-0.2, -0.15) is 5.26 Å². The molecule has 0 atom stereocenters. The van der Waals surface area contributed by atoms with E-state index in [9.17, 15) is 4.79 Å². The molecule has 0 spiro atoms. The third kappa shape index (κ3) is 3.43. The molecule has 1 saturated heterocycles. The van der Waals surface area contributed by atoms with Gasteiger partial charge in [0.1, 0.15) is 6.61 Å². The van der Waals surface area contributed by atoms with Crippen LogP contribution in [0.3, 0.4) is 0 Å². The van der Waals surface area contributed by atoms with Crippen LogP contribution >= 0.6 is 0 Å². The van der Waals surface area contributed by atoms with Crippen LogP contribution in [0.2, 0.25) is 0 Å². The van der Waals surface area contributed by atoms with Gasteiger partial charge in [-0.1, -0.05) is 0 Å². The molecule has 1 fully saturated rings. The second kappa shape index (κ2) is 5.55. The molecule has 72 valence electrons. The van der Waals surface area contributed by atoms with Gasteiger partial charge in [0.2, 0.25) is 5.91 Å². The minimum atomic E-state index is 0.0724. The number of carbonyl (C=O) groups is 1. The first-order valence-electron chi connectivity index (χ1n) is 4.57. The number of hydrogen-bond donors (Lipinski definition) is 0. The number of rotatable bonds is 4. The first-order chi connectivity index (χ1) is 6.34. The highest BCUT2D eigenvalue weighted by molar-refractivity contribution is 5.77. The molecule has 4 heteroatoms. The Balaban J connectivity index is 2.12. The first-order valence-corrected chi connectivity index (χ1v) is 4.57. The molecule has 1 aliphatic rings. The molecule has 13 heavy (non-hydrogen) atoms. The Morgan fingerprint density at radius 1 is 1.54 bits per heavy atom. The lowest BCUT2D eigenvalue weighted by Crippen LogP contribution is -2.41. The molecule has 0 radical (unpaired) electrons. The van der Waals surface area contributed by atoms with Crippen LogP contribution in [0.4, 0.5) is 0 Å². The summed E-state index contributed by atoms with van der Waals surface area (Å²) in [7, 11) is 0. The van der Waals surface area contributed by atoms with Crippen LogP contribution in [0, 0.1) is 11.3 Å². The molecular weight excluding hydrogens is 168 g/mol. The fourth-order valence-corrected chi connectivity index (χ4v) is 1.29. The normalized spacial score (nSPS) is 17.2. The van der Waals surface area contributed by atoms with Gasteiger partial charge >= 0.3 is 0 Å². The Kier molecular flexibility index (Phi) is 4.27. The molecule has 0 unspecified atom stereocenters. The van der Waals surface area contributed by atoms with Crippen LogP contribution in [-0.4, -0.2) is 37.1 Å². The molecule has 0 aromatic heterocycles. The molecule has 4 nitrogen and oxygen atoms in total. The summed E-state index contributed by atoms with van der Waals surface area (Å²) in [6.45, 7) is 2.33. The lowest BCUT2D eigenvalue weighted by Gasteiger charge is -2.26. The average Bonchev–Trinajstić information content (AvgIpc) is 2.15. The van der Waals surface area contributed by atoms with Gasteiger partial charge in [-0.3, -0.25) is 4.79 Å². The number of nitrogens with zero attached hydrogens (tertiary/aromatic N) is 2. The maximum atomic E-state index is 11.2. The second-order valence-corrected chi connectivity index (χ2v) is 3.05. The zero-order valence-corrected chi connectivity index (χ0v) is 7.66. The summed E-state index contributed by atoms with van der Waals surface area (Å²) < 4.78 is 5.00. The van der Waals surface area contributed by atoms with Crippen LogP contribution < -0.4 is 0 Å². The molecule has 0 N–H and O–H groups in total. The third-order valence-electron chi connectivity index (χ3n) is 2.05. The number of ether oxygens (including phenoxy) is 1. The SMILES string of the molecule is N#CCCCCN1CCOCC1=O. The Labute approximate surface area is 78.1 Å². The molecule has 0 aromatic rings. The van der Waals surface area contributed by atoms with Crippen LogP contribution in [0.1, 0.15) is 19.3 Å². The average molecular weight is 182 g/mol. The predicted molar refractivity (Wildman–Crippen MR) is 46.9 cm³/mol. The molecular formula is C9H14N2O2. The summed E-state index contributed by atoms with van der Waals surface area (Å²) in [5.74, 6) is 0.0724. The molecule has 1 rings (SSSR count). The minimum Gasteiger partial charge on any atom is -0.370 e. The maximum absolute atomic E-state index is 11.2. The van der Waals surface area contributed by atoms with Gasteiger partial charge in [0.05, 0.1) is 12.7 Å². The fourth-order valence-electron chi connectivity index (χ4n) is 1.29. The van der Waals surface area contributed by atoms with Gasteiger partial charge in [0.15, 0.2) is 0 Å². The number of amides is 1. The zero-order chi connectivity index (χ0) is 9.52. The van der Waals surface area contributed by atoms with Crippen LogP contribution in [0.25, 0.3) is 0 Å². The second-order valence-electron chi connectivity index (χ2n) is 3.05. The molecule has 1 aliphatic heterocycles. The first kappa shape index (κ1) is 10.0. The number of morpholine rings is 1. The molecule has 0 aromatic carbocycles. The summed E-state index contributed by atoms with van der Waals surface area (Å²) in [6, 6.07) is 2.09. The largest absolute Gasteiger partial charge is 0.370 e. The van der Waals surface area contributed by atoms with Crippen molar-refractivity contribution in [2.24, 2.45) is 0 Å². The highest BCUT2D eigenvalue weighted by Crippen LogP contribution is 2.02. The Morgan fingerprint density at radius 3 is 3.08 bits per heavy atom. The quantitative estimate of drug-likeness (QED) is 0.596. The summed E-state index contributed by atoms with van der Waals surface area (Å²) in [5, 5.41) is 8.30. The van der Waals surface area contributed by atoms with Crippen molar-refractivity contribution in [2.45, 2.75) is 19.3 Å². The highest BCUT2D eigenvalue weighted by Gasteiger charge is 2.17. The molecule has 1 amide bonds. The number of unbranched alkanes of at least 4 members (excludes halogenated alkanes) is 2. The van der Waals surface area contributed by atoms with Crippen LogP contribution in [0.5, 0.6) is 0 Å². The lowest BCUT2D eigenvalue weighted by molar-refractivity contribution is -0.142. The van der Waals surface area contributed by atoms with E-state index in [0.29, 0.717) is 19.6 Å². The van der Waals surface area contributed by atoms with Gasteiger partial charge in [0.25, 0.3) is 0 Å². The third-order valence-corrected chi connectivity index (χ3v) is 2.05. The summed E-state index contributed by atoms with van der Waals surface area (Å²) in [6.07, 6.45) is 2.37. The van der Waals surface area contributed by atoms with E-state index in [-0.39, 0.29) is 12.5 Å². The van der Waals surface area contributed by atoms with E-state index in [2.05, 4.69) is 6.07 Å². The predicted octanol–water partition coefficient (Wildman–Crippen LogP) is 0.539. The van der Waals surface area contributed by atoms with E-state index in [4.69, 9.17) is 10.00 Å². The van der Waals surface area contributed by atoms with Gasteiger partial charge in [-0.15, -0.1) is 0 Å². The van der Waals surface area contributed by atoms with Crippen molar-refractivity contribution >= 4 is 5.91 Å². The Bertz CT molecular complexity index is 210. The minimum absolute atomic E-state index is 0.0724. The topological polar surface area (TPSA) is 53.3 Å². The van der Waals surface area contributed by atoms with Crippen molar-refractivity contribution in [1.82, 2.24) is 4.90 Å². The van der Waals surface area contributed by atoms with Crippen molar-refractivity contribution in [3.05, 3.63) is 0 Å². The standard InChI is InChI=1S/C9H14N2O2/c10-4-2-1-3-5-11-6-7-13-8-9(11)12/h1-3,5-8H2. The van der Waals surface area contributed by atoms with E-state index in [1.807, 2.05) is 0 Å². The van der Waals surface area contributed by atoms with E-state index in [1.54, 1.807) is 4.90 Å². The lowest BCUT2D eigenvalue weighted by atomic mass is 10.2. The monoisotopic (exact) mass is 182 g/mol. The number of carbonyl (C=O) groups excluding carboxylic acids is 1. The Morgan fingerprint density at radius 2 is 2.38 bits per heavy atom. The molecule has 0 bridgehead atoms. The van der Waals surface area contributed by atoms with Crippen LogP contribution in [0.15, 0.2) is 0 Å². The van der Waals surface area contributed by atoms with Crippen LogP contribution in [-0.2, 0) is 9.53 Å². The summed E-state index contributed by atoms with van der Waals surface area (Å²) >= 11 is 0. The fraction of sp³-hybridized carbons (Fsp3) is 0.778. The number of hydrogen-bond acceptors (Lipinski definition) is 3. The summed E-state index contributed by atoms with van der Waals surface area (Å²) in [5.41, 5.74) is 0. The van der Waals surface area contributed by atoms with E-state index in [1.165, 1.54) is 0 Å². The Hall–Kier alpha value is -1.08. The smallest absolute Gasteiger partial charge is 0.248 e. The molecule has 0 saturated carbocycles. The number of nitriles is 1. The van der Waals surface area contributed by atoms with Crippen molar-refractivity contribution in [2.75, 3.05) is 26.3 Å². The maximum Gasteiger partial charge on any atom is 0.248 e. The van der Waals surface area contributed by atoms with Crippen molar-refractivity contribution < 1.29 is 9.53 Å². The van der Waals surface area contributed by atoms with Gasteiger partial charge in [0, 0.05) is 19.5 Å². The van der Waals surface area contributed by atoms with Crippen molar-refractivity contribution in [1.29, 1.82) is 5.26 Å². The van der Waals surface area contributed by atoms with Gasteiger partial charge in [-0.25, -0.2) is 0 Å². The molecule has 0 aliphatic carbocycles. The van der Waals surface area contributed by atoms with E-state index < -0.39 is 0 Å². The van der Waals surface area contributed by atoms with Crippen molar-refractivity contribution in [3.8, 4) is 6.07 Å². The summed E-state index contributed by atoms with van der Waals surface area (Å²) in [4.78, 5) is 13.0. The van der Waals surface area contributed by atoms with Gasteiger partial charge in [-0.05, 0) is 12.8 Å². The van der Waals surface area contributed by atoms with E-state index in [0.717, 1.165) is 19.4 Å².